The fraction of sp³-hybridized carbons (Fsp3) is 0.692. The predicted molar refractivity (Wildman–Crippen MR) is 69.8 cm³/mol. The van der Waals surface area contributed by atoms with Crippen LogP contribution >= 0.6 is 0 Å². The first-order valence-electron chi connectivity index (χ1n) is 6.61. The molecule has 3 unspecified atom stereocenters. The molecule has 1 aromatic heterocycles. The molecule has 1 aromatic rings. The van der Waals surface area contributed by atoms with E-state index in [0.717, 1.165) is 11.6 Å². The molecule has 1 heterocycles. The molecule has 5 nitrogen and oxygen atoms in total. The number of hydrogen-bond acceptors (Lipinski definition) is 5. The van der Waals surface area contributed by atoms with Crippen LogP contribution in [0.1, 0.15) is 44.3 Å². The SMILES string of the molecule is CCC1CCC(C(NN)c2nccnc2OC)C1. The van der Waals surface area contributed by atoms with Crippen molar-refractivity contribution in [2.24, 2.45) is 17.7 Å². The Balaban J connectivity index is 2.18. The smallest absolute Gasteiger partial charge is 0.237 e. The van der Waals surface area contributed by atoms with E-state index in [0.29, 0.717) is 11.8 Å². The van der Waals surface area contributed by atoms with Crippen LogP contribution in [-0.2, 0) is 0 Å². The lowest BCUT2D eigenvalue weighted by Crippen LogP contribution is -2.34. The van der Waals surface area contributed by atoms with E-state index in [9.17, 15) is 0 Å². The minimum atomic E-state index is 0.0326. The van der Waals surface area contributed by atoms with Crippen LogP contribution in [0, 0.1) is 11.8 Å². The molecule has 100 valence electrons. The third-order valence-corrected chi connectivity index (χ3v) is 3.99. The molecule has 0 amide bonds. The summed E-state index contributed by atoms with van der Waals surface area (Å²) in [6.07, 6.45) is 8.24. The second-order valence-corrected chi connectivity index (χ2v) is 4.94. The molecule has 5 heteroatoms. The van der Waals surface area contributed by atoms with Gasteiger partial charge in [0.15, 0.2) is 0 Å². The van der Waals surface area contributed by atoms with Crippen LogP contribution in [0.5, 0.6) is 5.88 Å². The molecule has 3 atom stereocenters. The van der Waals surface area contributed by atoms with Gasteiger partial charge in [-0.15, -0.1) is 0 Å². The number of ether oxygens (including phenoxy) is 1. The lowest BCUT2D eigenvalue weighted by Gasteiger charge is -2.23. The zero-order valence-corrected chi connectivity index (χ0v) is 11.1. The third-order valence-electron chi connectivity index (χ3n) is 3.99. The molecule has 18 heavy (non-hydrogen) atoms. The van der Waals surface area contributed by atoms with Crippen molar-refractivity contribution in [2.45, 2.75) is 38.6 Å². The van der Waals surface area contributed by atoms with Gasteiger partial charge in [-0.05, 0) is 24.7 Å². The van der Waals surface area contributed by atoms with Gasteiger partial charge in [-0.3, -0.25) is 16.3 Å². The lowest BCUT2D eigenvalue weighted by molar-refractivity contribution is 0.325. The highest BCUT2D eigenvalue weighted by molar-refractivity contribution is 5.22. The summed E-state index contributed by atoms with van der Waals surface area (Å²) in [5, 5.41) is 0. The van der Waals surface area contributed by atoms with Crippen molar-refractivity contribution in [1.29, 1.82) is 0 Å². The van der Waals surface area contributed by atoms with Crippen molar-refractivity contribution in [3.05, 3.63) is 18.1 Å². The second-order valence-electron chi connectivity index (χ2n) is 4.94. The summed E-state index contributed by atoms with van der Waals surface area (Å²) in [6.45, 7) is 2.25. The van der Waals surface area contributed by atoms with Gasteiger partial charge in [0.05, 0.1) is 13.2 Å². The fourth-order valence-corrected chi connectivity index (χ4v) is 2.93. The maximum absolute atomic E-state index is 5.72. The molecule has 0 bridgehead atoms. The minimum Gasteiger partial charge on any atom is -0.480 e. The molecule has 3 N–H and O–H groups in total. The molecule has 0 aliphatic heterocycles. The van der Waals surface area contributed by atoms with Crippen LogP contribution in [0.25, 0.3) is 0 Å². The lowest BCUT2D eigenvalue weighted by atomic mass is 9.94. The Kier molecular flexibility index (Phi) is 4.49. The first kappa shape index (κ1) is 13.2. The fourth-order valence-electron chi connectivity index (χ4n) is 2.93. The molecular formula is C13H22N4O. The van der Waals surface area contributed by atoms with Crippen LogP contribution in [0.15, 0.2) is 12.4 Å². The largest absolute Gasteiger partial charge is 0.480 e. The number of methoxy groups -OCH3 is 1. The molecular weight excluding hydrogens is 228 g/mol. The number of nitrogens with zero attached hydrogens (tertiary/aromatic N) is 2. The molecule has 0 saturated heterocycles. The average Bonchev–Trinajstić information content (AvgIpc) is 2.89. The second kappa shape index (κ2) is 6.11. The van der Waals surface area contributed by atoms with Crippen molar-refractivity contribution in [2.75, 3.05) is 7.11 Å². The van der Waals surface area contributed by atoms with Gasteiger partial charge in [0.1, 0.15) is 5.69 Å². The monoisotopic (exact) mass is 250 g/mol. The number of nitrogens with one attached hydrogen (secondary N) is 1. The first-order valence-corrected chi connectivity index (χ1v) is 6.61. The topological polar surface area (TPSA) is 73.1 Å². The number of nitrogens with two attached hydrogens (primary N) is 1. The number of hydrazine groups is 1. The quantitative estimate of drug-likeness (QED) is 0.616. The summed E-state index contributed by atoms with van der Waals surface area (Å²) in [4.78, 5) is 8.58. The normalized spacial score (nSPS) is 25.1. The van der Waals surface area contributed by atoms with Crippen molar-refractivity contribution in [1.82, 2.24) is 15.4 Å². The van der Waals surface area contributed by atoms with Crippen molar-refractivity contribution in [3.8, 4) is 5.88 Å². The number of rotatable bonds is 5. The zero-order chi connectivity index (χ0) is 13.0. The van der Waals surface area contributed by atoms with Crippen molar-refractivity contribution < 1.29 is 4.74 Å². The van der Waals surface area contributed by atoms with E-state index in [2.05, 4.69) is 22.3 Å². The van der Waals surface area contributed by atoms with Gasteiger partial charge in [0.25, 0.3) is 0 Å². The first-order chi connectivity index (χ1) is 8.80. The van der Waals surface area contributed by atoms with Crippen molar-refractivity contribution in [3.63, 3.8) is 0 Å². The Labute approximate surface area is 108 Å². The van der Waals surface area contributed by atoms with Gasteiger partial charge in [-0.1, -0.05) is 19.8 Å². The summed E-state index contributed by atoms with van der Waals surface area (Å²) < 4.78 is 5.27. The predicted octanol–water partition coefficient (Wildman–Crippen LogP) is 1.82. The minimum absolute atomic E-state index is 0.0326. The number of hydrogen-bond donors (Lipinski definition) is 2. The highest BCUT2D eigenvalue weighted by atomic mass is 16.5. The van der Waals surface area contributed by atoms with Gasteiger partial charge in [-0.2, -0.15) is 0 Å². The van der Waals surface area contributed by atoms with Crippen molar-refractivity contribution >= 4 is 0 Å². The van der Waals surface area contributed by atoms with Crippen LogP contribution in [0.2, 0.25) is 0 Å². The Morgan fingerprint density at radius 2 is 2.22 bits per heavy atom. The summed E-state index contributed by atoms with van der Waals surface area (Å²) in [6, 6.07) is 0.0326. The van der Waals surface area contributed by atoms with E-state index in [-0.39, 0.29) is 6.04 Å². The van der Waals surface area contributed by atoms with E-state index >= 15 is 0 Å². The van der Waals surface area contributed by atoms with Crippen LogP contribution in [0.3, 0.4) is 0 Å². The summed E-state index contributed by atoms with van der Waals surface area (Å²) in [5.74, 6) is 7.62. The zero-order valence-electron chi connectivity index (χ0n) is 11.1. The van der Waals surface area contributed by atoms with E-state index < -0.39 is 0 Å². The molecule has 1 aliphatic rings. The number of aromatic nitrogens is 2. The molecule has 1 fully saturated rings. The Bertz CT molecular complexity index is 385. The molecule has 0 radical (unpaired) electrons. The van der Waals surface area contributed by atoms with Crippen LogP contribution in [-0.4, -0.2) is 17.1 Å². The molecule has 2 rings (SSSR count). The van der Waals surface area contributed by atoms with Crippen LogP contribution in [0.4, 0.5) is 0 Å². The average molecular weight is 250 g/mol. The van der Waals surface area contributed by atoms with Crippen LogP contribution < -0.4 is 16.0 Å². The van der Waals surface area contributed by atoms with E-state index in [1.165, 1.54) is 25.7 Å². The Hall–Kier alpha value is -1.20. The molecule has 0 aromatic carbocycles. The van der Waals surface area contributed by atoms with Gasteiger partial charge >= 0.3 is 0 Å². The summed E-state index contributed by atoms with van der Waals surface area (Å²) in [7, 11) is 1.62. The summed E-state index contributed by atoms with van der Waals surface area (Å²) in [5.41, 5.74) is 3.72. The van der Waals surface area contributed by atoms with Gasteiger partial charge in [0.2, 0.25) is 5.88 Å². The highest BCUT2D eigenvalue weighted by Crippen LogP contribution is 2.40. The van der Waals surface area contributed by atoms with E-state index in [1.54, 1.807) is 19.5 Å². The van der Waals surface area contributed by atoms with Gasteiger partial charge < -0.3 is 4.74 Å². The van der Waals surface area contributed by atoms with Gasteiger partial charge in [-0.25, -0.2) is 4.98 Å². The van der Waals surface area contributed by atoms with Gasteiger partial charge in [0, 0.05) is 12.4 Å². The molecule has 1 aliphatic carbocycles. The Morgan fingerprint density at radius 3 is 2.83 bits per heavy atom. The van der Waals surface area contributed by atoms with E-state index in [1.807, 2.05) is 0 Å². The highest BCUT2D eigenvalue weighted by Gasteiger charge is 2.32. The molecule has 1 saturated carbocycles. The van der Waals surface area contributed by atoms with E-state index in [4.69, 9.17) is 10.6 Å². The summed E-state index contributed by atoms with van der Waals surface area (Å²) >= 11 is 0. The third kappa shape index (κ3) is 2.62. The molecule has 0 spiro atoms. The Morgan fingerprint density at radius 1 is 1.44 bits per heavy atom. The maximum Gasteiger partial charge on any atom is 0.237 e. The maximum atomic E-state index is 5.72. The standard InChI is InChI=1S/C13H22N4O/c1-3-9-4-5-10(8-9)11(17-14)12-13(18-2)16-7-6-15-12/h6-7,9-11,17H,3-5,8,14H2,1-2H3.